The number of benzene rings is 2. The zero-order chi connectivity index (χ0) is 22.8. The number of ether oxygens (including phenoxy) is 2. The number of rotatable bonds is 7. The van der Waals surface area contributed by atoms with E-state index in [1.54, 1.807) is 22.9 Å². The number of fused-ring (bicyclic) bond motifs is 1. The van der Waals surface area contributed by atoms with E-state index in [1.807, 2.05) is 32.0 Å². The molecule has 7 heteroatoms. The molecule has 0 spiro atoms. The number of hydrogen-bond acceptors (Lipinski definition) is 5. The Morgan fingerprint density at radius 1 is 1.19 bits per heavy atom. The first-order valence-corrected chi connectivity index (χ1v) is 10.8. The van der Waals surface area contributed by atoms with Crippen LogP contribution in [-0.4, -0.2) is 35.2 Å². The summed E-state index contributed by atoms with van der Waals surface area (Å²) in [4.78, 5) is 26.1. The number of Topliss-reactive ketones (excluding diaryl/α,β-unsaturated/α-hetero) is 1. The fraction of sp³-hybridized carbons (Fsp3) is 0.320. The van der Waals surface area contributed by atoms with Crippen molar-refractivity contribution in [2.24, 2.45) is 0 Å². The SMILES string of the molecule is CCOc1ccc(C(=O)[C@@H]2CC(=O)Nc3c2c(C)nn3-c2cccc(CC)c2)cc1OC. The molecule has 0 fully saturated rings. The maximum absolute atomic E-state index is 13.5. The predicted octanol–water partition coefficient (Wildman–Crippen LogP) is 4.46. The van der Waals surface area contributed by atoms with Crippen molar-refractivity contribution in [2.45, 2.75) is 39.5 Å². The van der Waals surface area contributed by atoms with Crippen LogP contribution in [0.5, 0.6) is 11.5 Å². The van der Waals surface area contributed by atoms with Crippen molar-refractivity contribution in [3.63, 3.8) is 0 Å². The van der Waals surface area contributed by atoms with Gasteiger partial charge in [-0.15, -0.1) is 0 Å². The van der Waals surface area contributed by atoms with Gasteiger partial charge in [0.05, 0.1) is 31.0 Å². The molecule has 4 rings (SSSR count). The lowest BCUT2D eigenvalue weighted by Gasteiger charge is -2.23. The van der Waals surface area contributed by atoms with Gasteiger partial charge in [-0.25, -0.2) is 4.68 Å². The molecule has 3 aromatic rings. The third kappa shape index (κ3) is 3.86. The quantitative estimate of drug-likeness (QED) is 0.557. The van der Waals surface area contributed by atoms with Crippen LogP contribution in [0.4, 0.5) is 5.82 Å². The summed E-state index contributed by atoms with van der Waals surface area (Å²) in [7, 11) is 1.54. The number of ketones is 1. The summed E-state index contributed by atoms with van der Waals surface area (Å²) >= 11 is 0. The molecule has 0 unspecified atom stereocenters. The van der Waals surface area contributed by atoms with Crippen molar-refractivity contribution < 1.29 is 19.1 Å². The van der Waals surface area contributed by atoms with E-state index in [0.29, 0.717) is 29.5 Å². The van der Waals surface area contributed by atoms with Gasteiger partial charge in [0.2, 0.25) is 5.91 Å². The Morgan fingerprint density at radius 3 is 2.72 bits per heavy atom. The summed E-state index contributed by atoms with van der Waals surface area (Å²) in [5.74, 6) is 0.650. The van der Waals surface area contributed by atoms with Gasteiger partial charge >= 0.3 is 0 Å². The molecule has 0 saturated heterocycles. The number of aromatic nitrogens is 2. The summed E-state index contributed by atoms with van der Waals surface area (Å²) in [5.41, 5.74) is 3.96. The van der Waals surface area contributed by atoms with Gasteiger partial charge in [0.1, 0.15) is 5.82 Å². The zero-order valence-electron chi connectivity index (χ0n) is 18.8. The minimum atomic E-state index is -0.621. The van der Waals surface area contributed by atoms with Crippen LogP contribution in [0, 0.1) is 6.92 Å². The van der Waals surface area contributed by atoms with Gasteiger partial charge in [0.15, 0.2) is 17.3 Å². The molecule has 1 atom stereocenters. The summed E-state index contributed by atoms with van der Waals surface area (Å²) < 4.78 is 12.7. The lowest BCUT2D eigenvalue weighted by atomic mass is 9.85. The minimum absolute atomic E-state index is 0.0723. The molecule has 7 nitrogen and oxygen atoms in total. The fourth-order valence-corrected chi connectivity index (χ4v) is 4.16. The average Bonchev–Trinajstić information content (AvgIpc) is 3.14. The van der Waals surface area contributed by atoms with E-state index in [2.05, 4.69) is 23.4 Å². The molecule has 2 heterocycles. The molecule has 0 bridgehead atoms. The second-order valence-electron chi connectivity index (χ2n) is 7.75. The van der Waals surface area contributed by atoms with E-state index in [4.69, 9.17) is 9.47 Å². The van der Waals surface area contributed by atoms with Gasteiger partial charge in [-0.3, -0.25) is 9.59 Å². The molecule has 1 aliphatic rings. The van der Waals surface area contributed by atoms with Crippen LogP contribution in [0.2, 0.25) is 0 Å². The van der Waals surface area contributed by atoms with Crippen LogP contribution in [0.1, 0.15) is 53.4 Å². The summed E-state index contributed by atoms with van der Waals surface area (Å²) in [6, 6.07) is 13.1. The van der Waals surface area contributed by atoms with Crippen molar-refractivity contribution in [1.29, 1.82) is 0 Å². The van der Waals surface area contributed by atoms with E-state index in [0.717, 1.165) is 23.4 Å². The van der Waals surface area contributed by atoms with Gasteiger partial charge in [0.25, 0.3) is 0 Å². The molecule has 1 amide bonds. The largest absolute Gasteiger partial charge is 0.493 e. The summed E-state index contributed by atoms with van der Waals surface area (Å²) in [6.45, 7) is 6.34. The molecule has 2 aromatic carbocycles. The molecule has 0 radical (unpaired) electrons. The van der Waals surface area contributed by atoms with Crippen LogP contribution in [0.25, 0.3) is 5.69 Å². The van der Waals surface area contributed by atoms with Crippen LogP contribution in [-0.2, 0) is 11.2 Å². The molecular formula is C25H27N3O4. The highest BCUT2D eigenvalue weighted by Crippen LogP contribution is 2.39. The van der Waals surface area contributed by atoms with Crippen molar-refractivity contribution in [3.8, 4) is 17.2 Å². The normalized spacial score (nSPS) is 15.1. The van der Waals surface area contributed by atoms with E-state index < -0.39 is 5.92 Å². The van der Waals surface area contributed by atoms with E-state index in [-0.39, 0.29) is 18.1 Å². The van der Waals surface area contributed by atoms with E-state index in [9.17, 15) is 9.59 Å². The molecule has 1 aromatic heterocycles. The van der Waals surface area contributed by atoms with Crippen molar-refractivity contribution in [3.05, 3.63) is 64.8 Å². The highest BCUT2D eigenvalue weighted by atomic mass is 16.5. The number of anilines is 1. The lowest BCUT2D eigenvalue weighted by Crippen LogP contribution is -2.28. The fourth-order valence-electron chi connectivity index (χ4n) is 4.16. The smallest absolute Gasteiger partial charge is 0.226 e. The van der Waals surface area contributed by atoms with Gasteiger partial charge in [-0.2, -0.15) is 5.10 Å². The number of nitrogens with zero attached hydrogens (tertiary/aromatic N) is 2. The Balaban J connectivity index is 1.76. The Labute approximate surface area is 187 Å². The zero-order valence-corrected chi connectivity index (χ0v) is 18.8. The number of methoxy groups -OCH3 is 1. The first kappa shape index (κ1) is 21.6. The van der Waals surface area contributed by atoms with Crippen LogP contribution >= 0.6 is 0 Å². The standard InChI is InChI=1S/C25H27N3O4/c1-5-16-8-7-9-18(12-16)28-25-23(15(3)27-28)19(14-22(29)26-25)24(30)17-10-11-20(32-6-2)21(13-17)31-4/h7-13,19H,5-6,14H2,1-4H3,(H,26,29)/t19-/m1/s1. The van der Waals surface area contributed by atoms with Gasteiger partial charge in [-0.1, -0.05) is 19.1 Å². The number of amides is 1. The highest BCUT2D eigenvalue weighted by molar-refractivity contribution is 6.08. The first-order valence-electron chi connectivity index (χ1n) is 10.8. The molecule has 1 N–H and O–H groups in total. The Morgan fingerprint density at radius 2 is 2.00 bits per heavy atom. The van der Waals surface area contributed by atoms with Crippen molar-refractivity contribution in [1.82, 2.24) is 9.78 Å². The van der Waals surface area contributed by atoms with Gasteiger partial charge < -0.3 is 14.8 Å². The lowest BCUT2D eigenvalue weighted by molar-refractivity contribution is -0.116. The third-order valence-electron chi connectivity index (χ3n) is 5.73. The maximum atomic E-state index is 13.5. The number of carbonyl (C=O) groups is 2. The van der Waals surface area contributed by atoms with E-state index in [1.165, 1.54) is 12.7 Å². The molecule has 0 aliphatic carbocycles. The van der Waals surface area contributed by atoms with Crippen LogP contribution in [0.15, 0.2) is 42.5 Å². The number of nitrogens with one attached hydrogen (secondary N) is 1. The minimum Gasteiger partial charge on any atom is -0.493 e. The second-order valence-corrected chi connectivity index (χ2v) is 7.75. The number of aryl methyl sites for hydroxylation is 2. The predicted molar refractivity (Wildman–Crippen MR) is 122 cm³/mol. The second kappa shape index (κ2) is 8.86. The summed E-state index contributed by atoms with van der Waals surface area (Å²) in [6.07, 6.45) is 0.965. The Hall–Kier alpha value is -3.61. The summed E-state index contributed by atoms with van der Waals surface area (Å²) in [5, 5.41) is 7.61. The Kier molecular flexibility index (Phi) is 5.99. The van der Waals surface area contributed by atoms with Gasteiger partial charge in [-0.05, 0) is 56.2 Å². The molecule has 32 heavy (non-hydrogen) atoms. The van der Waals surface area contributed by atoms with Crippen LogP contribution < -0.4 is 14.8 Å². The number of carbonyl (C=O) groups excluding carboxylic acids is 2. The monoisotopic (exact) mass is 433 g/mol. The van der Waals surface area contributed by atoms with Gasteiger partial charge in [0, 0.05) is 17.5 Å². The molecule has 166 valence electrons. The third-order valence-corrected chi connectivity index (χ3v) is 5.73. The van der Waals surface area contributed by atoms with Crippen molar-refractivity contribution in [2.75, 3.05) is 19.0 Å². The van der Waals surface area contributed by atoms with Crippen LogP contribution in [0.3, 0.4) is 0 Å². The molecular weight excluding hydrogens is 406 g/mol. The first-order chi connectivity index (χ1) is 15.5. The molecule has 1 aliphatic heterocycles. The Bertz CT molecular complexity index is 1180. The van der Waals surface area contributed by atoms with E-state index >= 15 is 0 Å². The highest BCUT2D eigenvalue weighted by Gasteiger charge is 2.36. The van der Waals surface area contributed by atoms with Crippen molar-refractivity contribution >= 4 is 17.5 Å². The molecule has 0 saturated carbocycles. The maximum Gasteiger partial charge on any atom is 0.226 e. The average molecular weight is 434 g/mol. The number of hydrogen-bond donors (Lipinski definition) is 1. The topological polar surface area (TPSA) is 82.5 Å².